The van der Waals surface area contributed by atoms with Crippen molar-refractivity contribution in [3.8, 4) is 0 Å². The summed E-state index contributed by atoms with van der Waals surface area (Å²) < 4.78 is 35.5. The van der Waals surface area contributed by atoms with E-state index in [9.17, 15) is 13.2 Å². The lowest BCUT2D eigenvalue weighted by Gasteiger charge is -2.04. The molecule has 0 N–H and O–H groups in total. The van der Waals surface area contributed by atoms with Gasteiger partial charge in [0, 0.05) is 19.7 Å². The minimum atomic E-state index is -4.15. The van der Waals surface area contributed by atoms with Crippen LogP contribution in [0.1, 0.15) is 6.42 Å². The topological polar surface area (TPSA) is 3.24 Å². The van der Waals surface area contributed by atoms with Crippen molar-refractivity contribution in [1.82, 2.24) is 4.90 Å². The highest BCUT2D eigenvalue weighted by Crippen LogP contribution is 2.32. The van der Waals surface area contributed by atoms with Crippen molar-refractivity contribution in [2.45, 2.75) is 12.6 Å². The van der Waals surface area contributed by atoms with Crippen molar-refractivity contribution in [2.24, 2.45) is 0 Å². The van der Waals surface area contributed by atoms with Crippen LogP contribution >= 0.6 is 0 Å². The maximum atomic E-state index is 11.8. The number of nitrogens with zero attached hydrogens (tertiary/aromatic N) is 1. The van der Waals surface area contributed by atoms with Gasteiger partial charge in [0.15, 0.2) is 0 Å². The molecule has 1 nitrogen and oxygen atoms in total. The molecule has 0 atom stereocenters. The average molecular weight is 150 g/mol. The maximum Gasteiger partial charge on any atom is 0.414 e. The fourth-order valence-electron chi connectivity index (χ4n) is 0.782. The minimum absolute atomic E-state index is 0. The van der Waals surface area contributed by atoms with Gasteiger partial charge in [-0.15, -0.1) is 0 Å². The van der Waals surface area contributed by atoms with Crippen molar-refractivity contribution in [2.75, 3.05) is 7.05 Å². The summed E-state index contributed by atoms with van der Waals surface area (Å²) in [5, 5.41) is 0. The molecule has 0 spiro atoms. The number of halogens is 3. The lowest BCUT2D eigenvalue weighted by molar-refractivity contribution is -0.0927. The predicted molar refractivity (Wildman–Crippen MR) is 30.8 cm³/mol. The molecule has 1 aliphatic heterocycles. The first kappa shape index (κ1) is 7.44. The quantitative estimate of drug-likeness (QED) is 0.510. The molecule has 0 aliphatic carbocycles. The van der Waals surface area contributed by atoms with E-state index in [1.807, 2.05) is 0 Å². The summed E-state index contributed by atoms with van der Waals surface area (Å²) in [5.74, 6) is 0. The van der Waals surface area contributed by atoms with E-state index in [-0.39, 0.29) is 6.42 Å². The lowest BCUT2D eigenvalue weighted by atomic mass is 10.2. The Bertz CT molecular complexity index is 159. The highest BCUT2D eigenvalue weighted by molar-refractivity contribution is 5.16. The van der Waals surface area contributed by atoms with E-state index in [0.29, 0.717) is 0 Å². The van der Waals surface area contributed by atoms with E-state index in [2.05, 4.69) is 0 Å². The zero-order chi connectivity index (χ0) is 7.78. The first-order valence-electron chi connectivity index (χ1n) is 2.83. The second-order valence-electron chi connectivity index (χ2n) is 2.20. The van der Waals surface area contributed by atoms with Crippen molar-refractivity contribution in [3.63, 3.8) is 0 Å². The Hall–Kier alpha value is -0.670. The molecule has 0 aromatic carbocycles. The van der Waals surface area contributed by atoms with Gasteiger partial charge in [-0.3, -0.25) is 0 Å². The van der Waals surface area contributed by atoms with Gasteiger partial charge in [-0.25, -0.2) is 0 Å². The summed E-state index contributed by atoms with van der Waals surface area (Å²) in [7, 11) is 1.58. The zero-order valence-electron chi connectivity index (χ0n) is 5.44. The Kier molecular flexibility index (Phi) is 1.62. The van der Waals surface area contributed by atoms with Gasteiger partial charge in [0.25, 0.3) is 0 Å². The van der Waals surface area contributed by atoms with Crippen molar-refractivity contribution < 1.29 is 13.2 Å². The van der Waals surface area contributed by atoms with Crippen LogP contribution in [0.5, 0.6) is 0 Å². The van der Waals surface area contributed by atoms with Crippen LogP contribution in [-0.2, 0) is 0 Å². The summed E-state index contributed by atoms with van der Waals surface area (Å²) >= 11 is 0. The molecule has 10 heavy (non-hydrogen) atoms. The van der Waals surface area contributed by atoms with Gasteiger partial charge < -0.3 is 4.90 Å². The van der Waals surface area contributed by atoms with Crippen LogP contribution < -0.4 is 0 Å². The molecule has 1 radical (unpaired) electrons. The van der Waals surface area contributed by atoms with Crippen LogP contribution in [0.4, 0.5) is 13.2 Å². The van der Waals surface area contributed by atoms with Gasteiger partial charge in [-0.2, -0.15) is 13.2 Å². The van der Waals surface area contributed by atoms with Crippen molar-refractivity contribution in [1.29, 1.82) is 0 Å². The van der Waals surface area contributed by atoms with E-state index < -0.39 is 11.7 Å². The van der Waals surface area contributed by atoms with Crippen LogP contribution in [0, 0.1) is 6.54 Å². The third kappa shape index (κ3) is 1.43. The second-order valence-corrected chi connectivity index (χ2v) is 2.20. The smallest absolute Gasteiger partial charge is 0.375 e. The number of alkyl halides is 3. The largest absolute Gasteiger partial charge is 0.414 e. The Morgan fingerprint density at radius 3 is 2.30 bits per heavy atom. The Balaban J connectivity index is 2.67. The van der Waals surface area contributed by atoms with Crippen molar-refractivity contribution in [3.05, 3.63) is 18.3 Å². The monoisotopic (exact) mass is 150 g/mol. The Morgan fingerprint density at radius 1 is 1.50 bits per heavy atom. The maximum absolute atomic E-state index is 11.8. The molecule has 1 heterocycles. The first-order chi connectivity index (χ1) is 4.50. The molecule has 0 fully saturated rings. The third-order valence-electron chi connectivity index (χ3n) is 1.32. The molecular formula is C6H7F3N. The average Bonchev–Trinajstić information content (AvgIpc) is 2.11. The summed E-state index contributed by atoms with van der Waals surface area (Å²) in [6.45, 7) is 1.49. The summed E-state index contributed by atoms with van der Waals surface area (Å²) in [6.07, 6.45) is -3.05. The SMILES string of the molecule is CN1[CH]CC(C(F)(F)F)=C1. The molecule has 0 unspecified atom stereocenters. The van der Waals surface area contributed by atoms with Crippen LogP contribution in [0.2, 0.25) is 0 Å². The molecule has 0 aromatic heterocycles. The Labute approximate surface area is 57.1 Å². The van der Waals surface area contributed by atoms with E-state index in [4.69, 9.17) is 0 Å². The molecule has 57 valence electrons. The minimum Gasteiger partial charge on any atom is -0.375 e. The van der Waals surface area contributed by atoms with Gasteiger partial charge in [0.05, 0.1) is 12.1 Å². The van der Waals surface area contributed by atoms with Gasteiger partial charge in [0.1, 0.15) is 0 Å². The highest BCUT2D eigenvalue weighted by atomic mass is 19.4. The molecule has 0 amide bonds. The lowest BCUT2D eigenvalue weighted by Crippen LogP contribution is -2.09. The normalized spacial score (nSPS) is 19.6. The van der Waals surface area contributed by atoms with Crippen LogP contribution in [0.15, 0.2) is 11.8 Å². The summed E-state index contributed by atoms with van der Waals surface area (Å²) in [4.78, 5) is 1.42. The predicted octanol–water partition coefficient (Wildman–Crippen LogP) is 1.93. The van der Waals surface area contributed by atoms with Crippen molar-refractivity contribution >= 4 is 0 Å². The second kappa shape index (κ2) is 2.18. The zero-order valence-corrected chi connectivity index (χ0v) is 5.44. The molecule has 0 bridgehead atoms. The first-order valence-corrected chi connectivity index (χ1v) is 2.83. The number of rotatable bonds is 0. The molecular weight excluding hydrogens is 143 g/mol. The molecule has 1 rings (SSSR count). The van der Waals surface area contributed by atoms with E-state index in [1.165, 1.54) is 11.4 Å². The van der Waals surface area contributed by atoms with Gasteiger partial charge >= 0.3 is 6.18 Å². The highest BCUT2D eigenvalue weighted by Gasteiger charge is 2.35. The van der Waals surface area contributed by atoms with Crippen LogP contribution in [0.25, 0.3) is 0 Å². The van der Waals surface area contributed by atoms with E-state index >= 15 is 0 Å². The van der Waals surface area contributed by atoms with Crippen LogP contribution in [-0.4, -0.2) is 18.1 Å². The molecule has 0 aromatic rings. The summed E-state index contributed by atoms with van der Waals surface area (Å²) in [6, 6.07) is 0. The van der Waals surface area contributed by atoms with Crippen LogP contribution in [0.3, 0.4) is 0 Å². The molecule has 0 saturated heterocycles. The summed E-state index contributed by atoms with van der Waals surface area (Å²) in [5.41, 5.74) is -0.477. The standard InChI is InChI=1S/C6H7F3N/c1-10-3-2-5(4-10)6(7,8)9/h3-4H,2H2,1H3. The number of hydrogen-bond donors (Lipinski definition) is 0. The third-order valence-corrected chi connectivity index (χ3v) is 1.32. The fourth-order valence-corrected chi connectivity index (χ4v) is 0.782. The van der Waals surface area contributed by atoms with E-state index in [0.717, 1.165) is 6.20 Å². The Morgan fingerprint density at radius 2 is 2.10 bits per heavy atom. The van der Waals surface area contributed by atoms with Gasteiger partial charge in [-0.1, -0.05) is 0 Å². The van der Waals surface area contributed by atoms with E-state index in [1.54, 1.807) is 7.05 Å². The molecule has 0 saturated carbocycles. The number of hydrogen-bond acceptors (Lipinski definition) is 1. The van der Waals surface area contributed by atoms with Gasteiger partial charge in [0.2, 0.25) is 0 Å². The molecule has 1 aliphatic rings. The molecule has 4 heteroatoms. The van der Waals surface area contributed by atoms with Gasteiger partial charge in [-0.05, 0) is 0 Å². The fraction of sp³-hybridized carbons (Fsp3) is 0.500.